The molecule has 0 bridgehead atoms. The zero-order chi connectivity index (χ0) is 15.5. The third-order valence-corrected chi connectivity index (χ3v) is 3.13. The number of anilines is 1. The predicted molar refractivity (Wildman–Crippen MR) is 73.3 cm³/mol. The van der Waals surface area contributed by atoms with Crippen molar-refractivity contribution in [1.29, 1.82) is 0 Å². The summed E-state index contributed by atoms with van der Waals surface area (Å²) in [6.07, 6.45) is 2.42. The number of nitrogens with one attached hydrogen (secondary N) is 1. The summed E-state index contributed by atoms with van der Waals surface area (Å²) in [5, 5.41) is 2.65. The van der Waals surface area contributed by atoms with Crippen LogP contribution in [0.2, 0.25) is 5.15 Å². The lowest BCUT2D eigenvalue weighted by Gasteiger charge is -2.07. The normalized spacial score (nSPS) is 11.2. The molecule has 0 aliphatic rings. The second kappa shape index (κ2) is 6.31. The van der Waals surface area contributed by atoms with Gasteiger partial charge in [0.05, 0.1) is 12.4 Å². The minimum atomic E-state index is -4.34. The first kappa shape index (κ1) is 15.6. The predicted octanol–water partition coefficient (Wildman–Crippen LogP) is 3.99. The number of aromatic nitrogens is 2. The number of benzene rings is 1. The fourth-order valence-corrected chi connectivity index (χ4v) is 2.00. The van der Waals surface area contributed by atoms with Crippen LogP contribution in [0.1, 0.15) is 10.5 Å². The second-order valence-corrected chi connectivity index (χ2v) is 5.28. The standard InChI is InChI=1S/C12H7ClF3N3OS/c13-10-6-17-9(5-18-10)11(20)19-7-1-3-8(4-2-7)21-12(14,15)16/h1-6H,(H,19,20). The number of amides is 1. The summed E-state index contributed by atoms with van der Waals surface area (Å²) in [6.45, 7) is 0. The molecule has 1 amide bonds. The minimum Gasteiger partial charge on any atom is -0.321 e. The smallest absolute Gasteiger partial charge is 0.321 e. The SMILES string of the molecule is O=C(Nc1ccc(SC(F)(F)F)cc1)c1cnc(Cl)cn1. The Kier molecular flexibility index (Phi) is 4.69. The van der Waals surface area contributed by atoms with Crippen LogP contribution in [0.3, 0.4) is 0 Å². The molecule has 1 heterocycles. The number of carbonyl (C=O) groups is 1. The number of thioether (sulfide) groups is 1. The molecule has 0 radical (unpaired) electrons. The number of alkyl halides is 3. The zero-order valence-electron chi connectivity index (χ0n) is 10.2. The molecule has 0 spiro atoms. The van der Waals surface area contributed by atoms with Crippen molar-refractivity contribution >= 4 is 35.0 Å². The molecule has 4 nitrogen and oxygen atoms in total. The highest BCUT2D eigenvalue weighted by atomic mass is 35.5. The molecule has 21 heavy (non-hydrogen) atoms. The van der Waals surface area contributed by atoms with Crippen molar-refractivity contribution < 1.29 is 18.0 Å². The minimum absolute atomic E-state index is 0.0341. The van der Waals surface area contributed by atoms with Crippen LogP contribution in [0.5, 0.6) is 0 Å². The molecule has 0 saturated heterocycles. The van der Waals surface area contributed by atoms with Gasteiger partial charge >= 0.3 is 5.51 Å². The maximum Gasteiger partial charge on any atom is 0.446 e. The van der Waals surface area contributed by atoms with Crippen molar-refractivity contribution in [3.8, 4) is 0 Å². The molecule has 0 aliphatic carbocycles. The highest BCUT2D eigenvalue weighted by Gasteiger charge is 2.29. The summed E-state index contributed by atoms with van der Waals surface area (Å²) in [5.41, 5.74) is -3.94. The van der Waals surface area contributed by atoms with Crippen LogP contribution < -0.4 is 5.32 Å². The van der Waals surface area contributed by atoms with Gasteiger partial charge in [-0.15, -0.1) is 0 Å². The van der Waals surface area contributed by atoms with E-state index in [0.29, 0.717) is 5.69 Å². The number of nitrogens with zero attached hydrogens (tertiary/aromatic N) is 2. The maximum absolute atomic E-state index is 12.2. The van der Waals surface area contributed by atoms with Gasteiger partial charge < -0.3 is 5.32 Å². The Morgan fingerprint density at radius 1 is 1.14 bits per heavy atom. The molecule has 0 saturated carbocycles. The third-order valence-electron chi connectivity index (χ3n) is 2.20. The van der Waals surface area contributed by atoms with Gasteiger partial charge in [0.2, 0.25) is 0 Å². The molecule has 9 heteroatoms. The van der Waals surface area contributed by atoms with Crippen molar-refractivity contribution in [2.45, 2.75) is 10.4 Å². The fraction of sp³-hybridized carbons (Fsp3) is 0.0833. The van der Waals surface area contributed by atoms with Gasteiger partial charge in [-0.2, -0.15) is 13.2 Å². The average molecular weight is 334 g/mol. The van der Waals surface area contributed by atoms with Crippen LogP contribution in [-0.2, 0) is 0 Å². The zero-order valence-corrected chi connectivity index (χ0v) is 11.8. The summed E-state index contributed by atoms with van der Waals surface area (Å²) >= 11 is 5.32. The topological polar surface area (TPSA) is 54.9 Å². The number of halogens is 4. The molecule has 1 aromatic heterocycles. The number of hydrogen-bond acceptors (Lipinski definition) is 4. The van der Waals surface area contributed by atoms with Gasteiger partial charge in [0, 0.05) is 10.6 Å². The van der Waals surface area contributed by atoms with Crippen molar-refractivity contribution in [3.05, 3.63) is 47.5 Å². The van der Waals surface area contributed by atoms with Crippen LogP contribution in [0.15, 0.2) is 41.6 Å². The first-order chi connectivity index (χ1) is 9.83. The molecule has 0 unspecified atom stereocenters. The Hall–Kier alpha value is -1.80. The molecule has 2 rings (SSSR count). The fourth-order valence-electron chi connectivity index (χ4n) is 1.36. The molecule has 1 aromatic carbocycles. The first-order valence-corrected chi connectivity index (χ1v) is 6.68. The lowest BCUT2D eigenvalue weighted by atomic mass is 10.3. The summed E-state index contributed by atoms with van der Waals surface area (Å²) in [6, 6.07) is 5.27. The molecule has 110 valence electrons. The largest absolute Gasteiger partial charge is 0.446 e. The van der Waals surface area contributed by atoms with E-state index in [4.69, 9.17) is 11.6 Å². The molecule has 0 fully saturated rings. The van der Waals surface area contributed by atoms with Crippen molar-refractivity contribution in [1.82, 2.24) is 9.97 Å². The third kappa shape index (κ3) is 4.91. The van der Waals surface area contributed by atoms with E-state index in [0.717, 1.165) is 0 Å². The van der Waals surface area contributed by atoms with E-state index in [2.05, 4.69) is 15.3 Å². The lowest BCUT2D eigenvalue weighted by Crippen LogP contribution is -2.13. The van der Waals surface area contributed by atoms with E-state index in [1.807, 2.05) is 0 Å². The number of hydrogen-bond donors (Lipinski definition) is 1. The summed E-state index contributed by atoms with van der Waals surface area (Å²) in [5.74, 6) is -0.532. The van der Waals surface area contributed by atoms with Gasteiger partial charge in [-0.1, -0.05) is 11.6 Å². The van der Waals surface area contributed by atoms with E-state index in [-0.39, 0.29) is 27.5 Å². The summed E-state index contributed by atoms with van der Waals surface area (Å²) in [4.78, 5) is 19.3. The molecular weight excluding hydrogens is 327 g/mol. The Morgan fingerprint density at radius 3 is 2.33 bits per heavy atom. The number of carbonyl (C=O) groups excluding carboxylic acids is 1. The summed E-state index contributed by atoms with van der Waals surface area (Å²) < 4.78 is 36.5. The second-order valence-electron chi connectivity index (χ2n) is 3.75. The highest BCUT2D eigenvalue weighted by Crippen LogP contribution is 2.37. The van der Waals surface area contributed by atoms with Gasteiger partial charge in [0.25, 0.3) is 5.91 Å². The average Bonchev–Trinajstić information content (AvgIpc) is 2.40. The van der Waals surface area contributed by atoms with E-state index < -0.39 is 11.4 Å². The van der Waals surface area contributed by atoms with Crippen molar-refractivity contribution in [2.24, 2.45) is 0 Å². The number of rotatable bonds is 3. The highest BCUT2D eigenvalue weighted by molar-refractivity contribution is 8.00. The Bertz CT molecular complexity index is 632. The monoisotopic (exact) mass is 333 g/mol. The van der Waals surface area contributed by atoms with Crippen molar-refractivity contribution in [3.63, 3.8) is 0 Å². The molecule has 2 aromatic rings. The van der Waals surface area contributed by atoms with E-state index in [1.165, 1.54) is 36.7 Å². The first-order valence-electron chi connectivity index (χ1n) is 5.48. The molecule has 0 aliphatic heterocycles. The molecule has 0 atom stereocenters. The Balaban J connectivity index is 2.03. The van der Waals surface area contributed by atoms with Crippen LogP contribution in [0, 0.1) is 0 Å². The van der Waals surface area contributed by atoms with Crippen LogP contribution in [0.25, 0.3) is 0 Å². The van der Waals surface area contributed by atoms with Crippen LogP contribution in [-0.4, -0.2) is 21.4 Å². The van der Waals surface area contributed by atoms with Crippen LogP contribution >= 0.6 is 23.4 Å². The van der Waals surface area contributed by atoms with Gasteiger partial charge in [-0.3, -0.25) is 4.79 Å². The van der Waals surface area contributed by atoms with Gasteiger partial charge in [0.15, 0.2) is 0 Å². The van der Waals surface area contributed by atoms with E-state index >= 15 is 0 Å². The summed E-state index contributed by atoms with van der Waals surface area (Å²) in [7, 11) is 0. The maximum atomic E-state index is 12.2. The van der Waals surface area contributed by atoms with Gasteiger partial charge in [-0.25, -0.2) is 9.97 Å². The lowest BCUT2D eigenvalue weighted by molar-refractivity contribution is -0.0328. The van der Waals surface area contributed by atoms with Gasteiger partial charge in [0.1, 0.15) is 10.8 Å². The van der Waals surface area contributed by atoms with E-state index in [9.17, 15) is 18.0 Å². The quantitative estimate of drug-likeness (QED) is 0.863. The van der Waals surface area contributed by atoms with Crippen molar-refractivity contribution in [2.75, 3.05) is 5.32 Å². The Morgan fingerprint density at radius 2 is 1.81 bits per heavy atom. The van der Waals surface area contributed by atoms with Gasteiger partial charge in [-0.05, 0) is 36.0 Å². The van der Waals surface area contributed by atoms with E-state index in [1.54, 1.807) is 0 Å². The molecule has 1 N–H and O–H groups in total. The molecular formula is C12H7ClF3N3OS. The Labute approximate surface area is 126 Å². The van der Waals surface area contributed by atoms with Crippen LogP contribution in [0.4, 0.5) is 18.9 Å².